The zero-order chi connectivity index (χ0) is 20.1. The number of carbonyl (C=O) groups excluding carboxylic acids is 2. The predicted molar refractivity (Wildman–Crippen MR) is 107 cm³/mol. The Balaban J connectivity index is 1.68. The fraction of sp³-hybridized carbons (Fsp3) is 0.273. The molecule has 0 bridgehead atoms. The van der Waals surface area contributed by atoms with Crippen molar-refractivity contribution in [3.63, 3.8) is 0 Å². The first-order chi connectivity index (χ1) is 13.2. The molecule has 28 heavy (non-hydrogen) atoms. The van der Waals surface area contributed by atoms with Crippen molar-refractivity contribution in [2.75, 3.05) is 0 Å². The lowest BCUT2D eigenvalue weighted by Crippen LogP contribution is -2.35. The summed E-state index contributed by atoms with van der Waals surface area (Å²) in [6.45, 7) is 5.88. The van der Waals surface area contributed by atoms with Gasteiger partial charge in [-0.2, -0.15) is 0 Å². The highest BCUT2D eigenvalue weighted by Gasteiger charge is 2.35. The molecule has 0 saturated heterocycles. The average molecular weight is 398 g/mol. The molecule has 0 unspecified atom stereocenters. The highest BCUT2D eigenvalue weighted by atomic mass is 35.5. The highest BCUT2D eigenvalue weighted by molar-refractivity contribution is 6.30. The van der Waals surface area contributed by atoms with Crippen molar-refractivity contribution >= 4 is 34.3 Å². The first-order valence-corrected chi connectivity index (χ1v) is 9.44. The number of benzene rings is 2. The molecular weight excluding hydrogens is 378 g/mol. The topological polar surface area (TPSA) is 68.5 Å². The number of halogens is 1. The minimum Gasteiger partial charge on any atom is -0.487 e. The summed E-state index contributed by atoms with van der Waals surface area (Å²) in [6, 6.07) is 10.7. The van der Waals surface area contributed by atoms with E-state index in [2.05, 4.69) is 5.32 Å². The number of ketones is 1. The molecular formula is C22H20ClNO4. The van der Waals surface area contributed by atoms with E-state index in [1.54, 1.807) is 31.2 Å². The van der Waals surface area contributed by atoms with E-state index in [1.165, 1.54) is 0 Å². The Hall–Kier alpha value is -2.79. The molecule has 0 radical (unpaired) electrons. The minimum absolute atomic E-state index is 0.00774. The number of Topliss-reactive ketones (excluding diaryl/α,β-unsaturated/α-hetero) is 1. The van der Waals surface area contributed by atoms with E-state index in [-0.39, 0.29) is 23.9 Å². The van der Waals surface area contributed by atoms with Crippen molar-refractivity contribution in [1.82, 2.24) is 5.32 Å². The lowest BCUT2D eigenvalue weighted by atomic mass is 9.90. The van der Waals surface area contributed by atoms with Crippen LogP contribution in [-0.4, -0.2) is 17.3 Å². The van der Waals surface area contributed by atoms with E-state index in [0.717, 1.165) is 5.56 Å². The van der Waals surface area contributed by atoms with E-state index >= 15 is 0 Å². The predicted octanol–water partition coefficient (Wildman–Crippen LogP) is 5.07. The van der Waals surface area contributed by atoms with Crippen LogP contribution in [-0.2, 0) is 6.54 Å². The van der Waals surface area contributed by atoms with Crippen LogP contribution in [0.15, 0.2) is 40.8 Å². The minimum atomic E-state index is -0.549. The molecule has 1 aromatic heterocycles. The molecule has 1 N–H and O–H groups in total. The molecule has 5 nitrogen and oxygen atoms in total. The number of hydrogen-bond acceptors (Lipinski definition) is 4. The van der Waals surface area contributed by atoms with Gasteiger partial charge in [-0.25, -0.2) is 0 Å². The van der Waals surface area contributed by atoms with Gasteiger partial charge in [0.2, 0.25) is 0 Å². The van der Waals surface area contributed by atoms with Crippen molar-refractivity contribution in [1.29, 1.82) is 0 Å². The molecule has 1 amide bonds. The summed E-state index contributed by atoms with van der Waals surface area (Å²) in [5.74, 6) is 0.380. The summed E-state index contributed by atoms with van der Waals surface area (Å²) in [5.41, 5.74) is 1.96. The summed E-state index contributed by atoms with van der Waals surface area (Å²) in [4.78, 5) is 25.4. The number of nitrogens with one attached hydrogen (secondary N) is 1. The molecule has 0 aliphatic carbocycles. The van der Waals surface area contributed by atoms with Crippen molar-refractivity contribution in [2.24, 2.45) is 0 Å². The van der Waals surface area contributed by atoms with Gasteiger partial charge in [0.25, 0.3) is 5.91 Å². The van der Waals surface area contributed by atoms with Crippen LogP contribution in [0.5, 0.6) is 5.75 Å². The van der Waals surface area contributed by atoms with E-state index in [4.69, 9.17) is 20.8 Å². The highest BCUT2D eigenvalue weighted by Crippen LogP contribution is 2.40. The molecule has 3 aromatic rings. The van der Waals surface area contributed by atoms with Crippen LogP contribution in [0.4, 0.5) is 0 Å². The molecule has 0 spiro atoms. The normalized spacial score (nSPS) is 15.2. The van der Waals surface area contributed by atoms with Crippen molar-refractivity contribution < 1.29 is 18.7 Å². The smallest absolute Gasteiger partial charge is 0.287 e. The molecule has 6 heteroatoms. The Kier molecular flexibility index (Phi) is 4.42. The zero-order valence-corrected chi connectivity index (χ0v) is 16.6. The molecule has 144 valence electrons. The van der Waals surface area contributed by atoms with Crippen LogP contribution < -0.4 is 10.1 Å². The van der Waals surface area contributed by atoms with Gasteiger partial charge in [-0.05, 0) is 50.6 Å². The molecule has 2 aromatic carbocycles. The Morgan fingerprint density at radius 3 is 2.79 bits per heavy atom. The second kappa shape index (κ2) is 6.67. The van der Waals surface area contributed by atoms with Crippen molar-refractivity contribution in [3.05, 3.63) is 63.9 Å². The molecule has 0 saturated carbocycles. The summed E-state index contributed by atoms with van der Waals surface area (Å²) in [7, 11) is 0. The fourth-order valence-corrected chi connectivity index (χ4v) is 3.83. The Bertz CT molecular complexity index is 1110. The van der Waals surface area contributed by atoms with Gasteiger partial charge < -0.3 is 14.5 Å². The number of amides is 1. The Morgan fingerprint density at radius 1 is 1.25 bits per heavy atom. The number of aryl methyl sites for hydroxylation is 1. The zero-order valence-electron chi connectivity index (χ0n) is 15.9. The molecule has 2 heterocycles. The van der Waals surface area contributed by atoms with Gasteiger partial charge >= 0.3 is 0 Å². The number of furan rings is 1. The van der Waals surface area contributed by atoms with Gasteiger partial charge in [0.05, 0.1) is 12.0 Å². The van der Waals surface area contributed by atoms with Crippen molar-refractivity contribution in [3.8, 4) is 5.75 Å². The fourth-order valence-electron chi connectivity index (χ4n) is 3.62. The SMILES string of the molecule is Cc1c(C(=O)NCc2cccc(Cl)c2)oc2ccc3c(c12)C(=O)CC(C)(C)O3. The van der Waals surface area contributed by atoms with Gasteiger partial charge in [0, 0.05) is 22.5 Å². The van der Waals surface area contributed by atoms with Crippen LogP contribution in [0.2, 0.25) is 5.02 Å². The first kappa shape index (κ1) is 18.6. The summed E-state index contributed by atoms with van der Waals surface area (Å²) in [6.07, 6.45) is 0.278. The third-order valence-electron chi connectivity index (χ3n) is 4.86. The third kappa shape index (κ3) is 3.27. The first-order valence-electron chi connectivity index (χ1n) is 9.06. The second-order valence-corrected chi connectivity index (χ2v) is 8.08. The number of carbonyl (C=O) groups is 2. The monoisotopic (exact) mass is 397 g/mol. The quantitative estimate of drug-likeness (QED) is 0.670. The standard InChI is InChI=1S/C22H20ClNO4/c1-12-18-16(7-8-17-19(18)15(25)10-22(2,3)28-17)27-20(12)21(26)24-11-13-5-4-6-14(23)9-13/h4-9H,10-11H2,1-3H3,(H,24,26). The van der Waals surface area contributed by atoms with Gasteiger partial charge in [0.1, 0.15) is 16.9 Å². The lowest BCUT2D eigenvalue weighted by molar-refractivity contribution is 0.0623. The largest absolute Gasteiger partial charge is 0.487 e. The molecule has 1 aliphatic rings. The summed E-state index contributed by atoms with van der Waals surface area (Å²) in [5, 5.41) is 4.10. The van der Waals surface area contributed by atoms with Crippen LogP contribution >= 0.6 is 11.6 Å². The number of hydrogen-bond donors (Lipinski definition) is 1. The molecule has 1 aliphatic heterocycles. The van der Waals surface area contributed by atoms with Gasteiger partial charge in [-0.1, -0.05) is 23.7 Å². The molecule has 0 atom stereocenters. The van der Waals surface area contributed by atoms with Gasteiger partial charge in [-0.15, -0.1) is 0 Å². The maximum Gasteiger partial charge on any atom is 0.287 e. The maximum atomic E-state index is 12.8. The third-order valence-corrected chi connectivity index (χ3v) is 5.09. The maximum absolute atomic E-state index is 12.8. The molecule has 4 rings (SSSR count). The Morgan fingerprint density at radius 2 is 2.04 bits per heavy atom. The Labute approximate surface area is 167 Å². The average Bonchev–Trinajstić information content (AvgIpc) is 2.95. The van der Waals surface area contributed by atoms with E-state index in [9.17, 15) is 9.59 Å². The second-order valence-electron chi connectivity index (χ2n) is 7.64. The van der Waals surface area contributed by atoms with Crippen molar-refractivity contribution in [2.45, 2.75) is 39.3 Å². The number of rotatable bonds is 3. The summed E-state index contributed by atoms with van der Waals surface area (Å²) < 4.78 is 11.8. The lowest BCUT2D eigenvalue weighted by Gasteiger charge is -2.31. The van der Waals surface area contributed by atoms with E-state index in [1.807, 2.05) is 26.0 Å². The van der Waals surface area contributed by atoms with E-state index < -0.39 is 5.60 Å². The summed E-state index contributed by atoms with van der Waals surface area (Å²) >= 11 is 5.98. The van der Waals surface area contributed by atoms with Crippen LogP contribution in [0.1, 0.15) is 52.3 Å². The van der Waals surface area contributed by atoms with Crippen LogP contribution in [0.3, 0.4) is 0 Å². The van der Waals surface area contributed by atoms with Gasteiger partial charge in [0.15, 0.2) is 11.5 Å². The van der Waals surface area contributed by atoms with Gasteiger partial charge in [-0.3, -0.25) is 9.59 Å². The van der Waals surface area contributed by atoms with Crippen LogP contribution in [0.25, 0.3) is 11.0 Å². The number of fused-ring (bicyclic) bond motifs is 3. The number of ether oxygens (including phenoxy) is 1. The molecule has 0 fully saturated rings. The van der Waals surface area contributed by atoms with Crippen LogP contribution in [0, 0.1) is 6.92 Å². The van der Waals surface area contributed by atoms with E-state index in [0.29, 0.717) is 39.4 Å².